The Morgan fingerprint density at radius 2 is 1.62 bits per heavy atom. The van der Waals surface area contributed by atoms with Crippen LogP contribution in [0, 0.1) is 5.92 Å². The van der Waals surface area contributed by atoms with Gasteiger partial charge in [-0.15, -0.1) is 0 Å². The van der Waals surface area contributed by atoms with Crippen LogP contribution in [0.25, 0.3) is 0 Å². The van der Waals surface area contributed by atoms with Crippen molar-refractivity contribution < 1.29 is 9.31 Å². The average molecular weight is 325 g/mol. The first-order valence-electron chi connectivity index (χ1n) is 9.51. The van der Waals surface area contributed by atoms with E-state index in [2.05, 4.69) is 56.9 Å². The van der Waals surface area contributed by atoms with E-state index in [9.17, 15) is 0 Å². The zero-order valence-electron chi connectivity index (χ0n) is 15.3. The molecule has 5 rings (SSSR count). The first kappa shape index (κ1) is 15.4. The molecule has 0 spiro atoms. The van der Waals surface area contributed by atoms with Gasteiger partial charge in [-0.1, -0.05) is 24.3 Å². The number of likely N-dealkylation sites (tertiary alicyclic amines) is 1. The number of benzene rings is 1. The molecule has 2 aliphatic heterocycles. The molecule has 0 radical (unpaired) electrons. The Morgan fingerprint density at radius 3 is 2.21 bits per heavy atom. The van der Waals surface area contributed by atoms with Crippen LogP contribution < -0.4 is 5.46 Å². The summed E-state index contributed by atoms with van der Waals surface area (Å²) in [6, 6.07) is 10.0. The zero-order chi connectivity index (χ0) is 16.7. The average Bonchev–Trinajstić information content (AvgIpc) is 3.43. The highest BCUT2D eigenvalue weighted by Crippen LogP contribution is 2.60. The molecule has 2 saturated carbocycles. The zero-order valence-corrected chi connectivity index (χ0v) is 15.3. The summed E-state index contributed by atoms with van der Waals surface area (Å²) in [7, 11) is -0.247. The van der Waals surface area contributed by atoms with E-state index >= 15 is 0 Å². The van der Waals surface area contributed by atoms with E-state index < -0.39 is 0 Å². The molecule has 4 fully saturated rings. The highest BCUT2D eigenvalue weighted by Gasteiger charge is 2.62. The fraction of sp³-hybridized carbons (Fsp3) is 0.700. The van der Waals surface area contributed by atoms with E-state index in [-0.39, 0.29) is 18.3 Å². The van der Waals surface area contributed by atoms with E-state index in [4.69, 9.17) is 9.31 Å². The van der Waals surface area contributed by atoms with E-state index in [1.165, 1.54) is 37.9 Å². The maximum absolute atomic E-state index is 6.18. The Morgan fingerprint density at radius 1 is 1.00 bits per heavy atom. The fourth-order valence-corrected chi connectivity index (χ4v) is 4.64. The van der Waals surface area contributed by atoms with E-state index in [0.717, 1.165) is 17.4 Å². The summed E-state index contributed by atoms with van der Waals surface area (Å²) in [6.07, 6.45) is 4.22. The number of rotatable bonds is 3. The van der Waals surface area contributed by atoms with Gasteiger partial charge in [0.1, 0.15) is 0 Å². The van der Waals surface area contributed by atoms with Crippen LogP contribution in [-0.4, -0.2) is 42.4 Å². The van der Waals surface area contributed by atoms with Gasteiger partial charge < -0.3 is 9.31 Å². The van der Waals surface area contributed by atoms with Crippen LogP contribution in [0.2, 0.25) is 0 Å². The van der Waals surface area contributed by atoms with Crippen molar-refractivity contribution in [3.05, 3.63) is 29.8 Å². The lowest BCUT2D eigenvalue weighted by Crippen LogP contribution is -2.41. The standard InChI is InChI=1S/C20H28BNO2/c1-18(2)19(3,4)24-21(23-18)16-7-5-14(6-8-16)20-11-15(20)12-22(13-20)17-9-10-17/h5-8,15,17H,9-13H2,1-4H3/t15-,20+/m0/s1. The van der Waals surface area contributed by atoms with Gasteiger partial charge in [0.05, 0.1) is 11.2 Å². The molecule has 3 nitrogen and oxygen atoms in total. The summed E-state index contributed by atoms with van der Waals surface area (Å²) in [4.78, 5) is 2.73. The van der Waals surface area contributed by atoms with Crippen LogP contribution in [0.15, 0.2) is 24.3 Å². The molecule has 4 aliphatic rings. The molecule has 1 aromatic carbocycles. The molecule has 4 heteroatoms. The Labute approximate surface area is 145 Å². The second-order valence-corrected chi connectivity index (χ2v) is 9.43. The smallest absolute Gasteiger partial charge is 0.399 e. The normalized spacial score (nSPS) is 36.8. The first-order chi connectivity index (χ1) is 11.3. The molecule has 2 atom stereocenters. The van der Waals surface area contributed by atoms with Crippen LogP contribution in [0.5, 0.6) is 0 Å². The van der Waals surface area contributed by atoms with E-state index in [0.29, 0.717) is 5.41 Å². The minimum Gasteiger partial charge on any atom is -0.399 e. The van der Waals surface area contributed by atoms with Crippen LogP contribution >= 0.6 is 0 Å². The Balaban J connectivity index is 1.34. The van der Waals surface area contributed by atoms with E-state index in [1.807, 2.05) is 0 Å². The monoisotopic (exact) mass is 325 g/mol. The Bertz CT molecular complexity index is 651. The van der Waals surface area contributed by atoms with Crippen molar-refractivity contribution in [2.75, 3.05) is 13.1 Å². The summed E-state index contributed by atoms with van der Waals surface area (Å²) in [5, 5.41) is 0. The molecular weight excluding hydrogens is 297 g/mol. The summed E-state index contributed by atoms with van der Waals surface area (Å²) in [5.74, 6) is 0.890. The van der Waals surface area contributed by atoms with Gasteiger partial charge in [0.15, 0.2) is 0 Å². The first-order valence-corrected chi connectivity index (χ1v) is 9.51. The van der Waals surface area contributed by atoms with Crippen molar-refractivity contribution >= 4 is 12.6 Å². The van der Waals surface area contributed by atoms with Crippen LogP contribution in [-0.2, 0) is 14.7 Å². The van der Waals surface area contributed by atoms with Crippen molar-refractivity contribution in [1.29, 1.82) is 0 Å². The number of piperidine rings is 1. The van der Waals surface area contributed by atoms with Crippen molar-refractivity contribution in [3.63, 3.8) is 0 Å². The predicted molar refractivity (Wildman–Crippen MR) is 96.5 cm³/mol. The number of hydrogen-bond donors (Lipinski definition) is 0. The molecule has 0 N–H and O–H groups in total. The Kier molecular flexibility index (Phi) is 2.99. The van der Waals surface area contributed by atoms with Gasteiger partial charge in [-0.25, -0.2) is 0 Å². The lowest BCUT2D eigenvalue weighted by atomic mass is 9.78. The summed E-state index contributed by atoms with van der Waals surface area (Å²) in [6.45, 7) is 11.0. The highest BCUT2D eigenvalue weighted by atomic mass is 16.7. The lowest BCUT2D eigenvalue weighted by molar-refractivity contribution is 0.00578. The lowest BCUT2D eigenvalue weighted by Gasteiger charge is -2.32. The fourth-order valence-electron chi connectivity index (χ4n) is 4.64. The summed E-state index contributed by atoms with van der Waals surface area (Å²) < 4.78 is 12.4. The van der Waals surface area contributed by atoms with Gasteiger partial charge in [0, 0.05) is 24.5 Å². The molecule has 2 aliphatic carbocycles. The highest BCUT2D eigenvalue weighted by molar-refractivity contribution is 6.62. The topological polar surface area (TPSA) is 21.7 Å². The van der Waals surface area contributed by atoms with Crippen LogP contribution in [0.4, 0.5) is 0 Å². The third kappa shape index (κ3) is 2.16. The Hall–Kier alpha value is -0.835. The largest absolute Gasteiger partial charge is 0.494 e. The van der Waals surface area contributed by atoms with Crippen LogP contribution in [0.3, 0.4) is 0 Å². The quantitative estimate of drug-likeness (QED) is 0.798. The van der Waals surface area contributed by atoms with Gasteiger partial charge in [0.25, 0.3) is 0 Å². The second kappa shape index (κ2) is 4.66. The van der Waals surface area contributed by atoms with Gasteiger partial charge in [-0.3, -0.25) is 4.90 Å². The molecular formula is C20H28BNO2. The minimum atomic E-state index is -0.271. The van der Waals surface area contributed by atoms with Crippen molar-refractivity contribution in [3.8, 4) is 0 Å². The van der Waals surface area contributed by atoms with Crippen LogP contribution in [0.1, 0.15) is 52.5 Å². The SMILES string of the molecule is CC1(C)OB(c2ccc([C@]34C[C@H]3CN(C3CC3)C4)cc2)OC1(C)C. The molecule has 24 heavy (non-hydrogen) atoms. The third-order valence-corrected chi connectivity index (χ3v) is 7.25. The molecule has 0 unspecified atom stereocenters. The molecule has 0 bridgehead atoms. The molecule has 1 aromatic rings. The number of fused-ring (bicyclic) bond motifs is 1. The molecule has 128 valence electrons. The van der Waals surface area contributed by atoms with E-state index in [1.54, 1.807) is 0 Å². The molecule has 2 saturated heterocycles. The summed E-state index contributed by atoms with van der Waals surface area (Å²) in [5.41, 5.74) is 2.58. The maximum Gasteiger partial charge on any atom is 0.494 e. The molecule has 0 aromatic heterocycles. The van der Waals surface area contributed by atoms with Gasteiger partial charge in [0.2, 0.25) is 0 Å². The predicted octanol–water partition coefficient (Wildman–Crippen LogP) is 2.72. The van der Waals surface area contributed by atoms with Crippen molar-refractivity contribution in [2.24, 2.45) is 5.92 Å². The summed E-state index contributed by atoms with van der Waals surface area (Å²) >= 11 is 0. The number of nitrogens with zero attached hydrogens (tertiary/aromatic N) is 1. The van der Waals surface area contributed by atoms with Gasteiger partial charge >= 0.3 is 7.12 Å². The minimum absolute atomic E-state index is 0.247. The maximum atomic E-state index is 6.18. The number of hydrogen-bond acceptors (Lipinski definition) is 3. The van der Waals surface area contributed by atoms with Gasteiger partial charge in [-0.05, 0) is 63.9 Å². The van der Waals surface area contributed by atoms with Crippen molar-refractivity contribution in [1.82, 2.24) is 4.90 Å². The second-order valence-electron chi connectivity index (χ2n) is 9.43. The third-order valence-electron chi connectivity index (χ3n) is 7.25. The molecule has 0 amide bonds. The van der Waals surface area contributed by atoms with Gasteiger partial charge in [-0.2, -0.15) is 0 Å². The molecule has 2 heterocycles. The van der Waals surface area contributed by atoms with Crippen molar-refractivity contribution in [2.45, 2.75) is 69.6 Å².